The molecule has 2 heterocycles. The van der Waals surface area contributed by atoms with E-state index in [9.17, 15) is 27.6 Å². The Balaban J connectivity index is 1.47. The third-order valence-electron chi connectivity index (χ3n) is 7.47. The summed E-state index contributed by atoms with van der Waals surface area (Å²) in [6.07, 6.45) is -4.06. The van der Waals surface area contributed by atoms with E-state index in [0.29, 0.717) is 24.2 Å². The molecule has 2 aromatic heterocycles. The SMILES string of the molecule is Cc1nc(-c2onc(C)c2NC(=O)O[C@H](C)c2ccccc2C(F)(F)F)ccc1NC(=O)[C@H]1CCCC[C@@H]1C(=O)OC(C)(C)C. The summed E-state index contributed by atoms with van der Waals surface area (Å²) in [5.41, 5.74) is -0.196. The number of alkyl halides is 3. The van der Waals surface area contributed by atoms with Gasteiger partial charge in [-0.3, -0.25) is 14.9 Å². The molecule has 242 valence electrons. The molecule has 0 unspecified atom stereocenters. The molecule has 10 nitrogen and oxygen atoms in total. The first kappa shape index (κ1) is 33.5. The molecule has 1 aromatic carbocycles. The number of amides is 2. The standard InChI is InChI=1S/C32H37F3N4O6/c1-17-24(37-28(40)21-12-7-8-13-22(21)29(41)44-31(4,5)6)15-16-25(36-17)27-26(18(2)39-45-27)38-30(42)43-19(3)20-11-9-10-14-23(20)32(33,34)35/h9-11,14-16,19,21-22H,7-8,12-13H2,1-6H3,(H,37,40)(H,38,42)/t19-,21+,22+/m1/s1. The van der Waals surface area contributed by atoms with E-state index in [-0.39, 0.29) is 40.3 Å². The Labute approximate surface area is 259 Å². The van der Waals surface area contributed by atoms with E-state index in [4.69, 9.17) is 14.0 Å². The average Bonchev–Trinajstić information content (AvgIpc) is 3.32. The fourth-order valence-corrected chi connectivity index (χ4v) is 5.31. The van der Waals surface area contributed by atoms with Crippen molar-refractivity contribution in [3.05, 3.63) is 58.9 Å². The monoisotopic (exact) mass is 630 g/mol. The van der Waals surface area contributed by atoms with Gasteiger partial charge in [-0.1, -0.05) is 36.2 Å². The van der Waals surface area contributed by atoms with E-state index < -0.39 is 41.4 Å². The van der Waals surface area contributed by atoms with Crippen LogP contribution in [0, 0.1) is 25.7 Å². The minimum Gasteiger partial charge on any atom is -0.460 e. The normalized spacial score (nSPS) is 17.7. The Kier molecular flexibility index (Phi) is 9.89. The van der Waals surface area contributed by atoms with Gasteiger partial charge in [0.1, 0.15) is 28.8 Å². The van der Waals surface area contributed by atoms with Crippen molar-refractivity contribution >= 4 is 29.3 Å². The van der Waals surface area contributed by atoms with E-state index in [1.807, 2.05) is 0 Å². The fourth-order valence-electron chi connectivity index (χ4n) is 5.31. The Hall–Kier alpha value is -4.42. The molecule has 1 fully saturated rings. The minimum absolute atomic E-state index is 0.0889. The third-order valence-corrected chi connectivity index (χ3v) is 7.47. The largest absolute Gasteiger partial charge is 0.460 e. The first-order valence-corrected chi connectivity index (χ1v) is 14.7. The molecule has 1 aliphatic rings. The highest BCUT2D eigenvalue weighted by atomic mass is 19.4. The molecule has 0 bridgehead atoms. The number of aryl methyl sites for hydroxylation is 2. The summed E-state index contributed by atoms with van der Waals surface area (Å²) >= 11 is 0. The van der Waals surface area contributed by atoms with Gasteiger partial charge < -0.3 is 19.3 Å². The molecule has 0 aliphatic heterocycles. The zero-order valence-electron chi connectivity index (χ0n) is 26.0. The van der Waals surface area contributed by atoms with Crippen LogP contribution in [0.25, 0.3) is 11.5 Å². The lowest BCUT2D eigenvalue weighted by Crippen LogP contribution is -2.39. The molecule has 4 rings (SSSR count). The van der Waals surface area contributed by atoms with Gasteiger partial charge in [-0.05, 0) is 72.6 Å². The van der Waals surface area contributed by atoms with Crippen LogP contribution in [0.2, 0.25) is 0 Å². The van der Waals surface area contributed by atoms with Gasteiger partial charge in [0.25, 0.3) is 0 Å². The number of nitrogens with one attached hydrogen (secondary N) is 2. The van der Waals surface area contributed by atoms with Crippen LogP contribution in [0.5, 0.6) is 0 Å². The predicted molar refractivity (Wildman–Crippen MR) is 159 cm³/mol. The van der Waals surface area contributed by atoms with Gasteiger partial charge in [0, 0.05) is 5.56 Å². The lowest BCUT2D eigenvalue weighted by Gasteiger charge is -2.31. The fraction of sp³-hybridized carbons (Fsp3) is 0.469. The second kappa shape index (κ2) is 13.3. The second-order valence-electron chi connectivity index (χ2n) is 12.1. The Morgan fingerprint density at radius 1 is 0.956 bits per heavy atom. The summed E-state index contributed by atoms with van der Waals surface area (Å²) in [6.45, 7) is 9.95. The first-order chi connectivity index (χ1) is 21.0. The van der Waals surface area contributed by atoms with E-state index in [2.05, 4.69) is 20.8 Å². The van der Waals surface area contributed by atoms with Crippen molar-refractivity contribution in [1.29, 1.82) is 0 Å². The number of rotatable bonds is 7. The van der Waals surface area contributed by atoms with E-state index in [1.165, 1.54) is 25.1 Å². The van der Waals surface area contributed by atoms with E-state index in [1.54, 1.807) is 46.8 Å². The number of carbonyl (C=O) groups is 3. The quantitative estimate of drug-likeness (QED) is 0.253. The van der Waals surface area contributed by atoms with Crippen molar-refractivity contribution in [1.82, 2.24) is 10.1 Å². The summed E-state index contributed by atoms with van der Waals surface area (Å²) in [4.78, 5) is 43.4. The van der Waals surface area contributed by atoms with Gasteiger partial charge in [-0.25, -0.2) is 9.78 Å². The molecule has 13 heteroatoms. The molecule has 2 amide bonds. The molecule has 2 N–H and O–H groups in total. The van der Waals surface area contributed by atoms with Gasteiger partial charge in [0.2, 0.25) is 11.7 Å². The van der Waals surface area contributed by atoms with E-state index >= 15 is 0 Å². The summed E-state index contributed by atoms with van der Waals surface area (Å²) in [7, 11) is 0. The number of nitrogens with zero attached hydrogens (tertiary/aromatic N) is 2. The Morgan fingerprint density at radius 2 is 1.62 bits per heavy atom. The highest BCUT2D eigenvalue weighted by molar-refractivity contribution is 5.96. The molecule has 0 radical (unpaired) electrons. The Bertz CT molecular complexity index is 1560. The van der Waals surface area contributed by atoms with Crippen molar-refractivity contribution < 1.29 is 41.6 Å². The molecule has 0 saturated heterocycles. The van der Waals surface area contributed by atoms with Crippen LogP contribution in [0.4, 0.5) is 29.3 Å². The van der Waals surface area contributed by atoms with Gasteiger partial charge in [0.15, 0.2) is 0 Å². The third kappa shape index (κ3) is 8.20. The van der Waals surface area contributed by atoms with Crippen molar-refractivity contribution in [3.8, 4) is 11.5 Å². The highest BCUT2D eigenvalue weighted by Gasteiger charge is 2.39. The molecule has 3 atom stereocenters. The van der Waals surface area contributed by atoms with Gasteiger partial charge in [-0.2, -0.15) is 13.2 Å². The zero-order valence-corrected chi connectivity index (χ0v) is 26.0. The van der Waals surface area contributed by atoms with Crippen molar-refractivity contribution in [2.24, 2.45) is 11.8 Å². The van der Waals surface area contributed by atoms with Crippen LogP contribution in [0.15, 0.2) is 40.9 Å². The number of hydrogen-bond donors (Lipinski definition) is 2. The zero-order chi connectivity index (χ0) is 33.1. The van der Waals surface area contributed by atoms with Crippen molar-refractivity contribution in [3.63, 3.8) is 0 Å². The van der Waals surface area contributed by atoms with Crippen LogP contribution in [0.3, 0.4) is 0 Å². The van der Waals surface area contributed by atoms with Crippen molar-refractivity contribution in [2.45, 2.75) is 85.1 Å². The number of halogens is 3. The van der Waals surface area contributed by atoms with Gasteiger partial charge in [-0.15, -0.1) is 0 Å². The minimum atomic E-state index is -4.62. The van der Waals surface area contributed by atoms with Crippen LogP contribution < -0.4 is 10.6 Å². The summed E-state index contributed by atoms with van der Waals surface area (Å²) in [6, 6.07) is 8.04. The van der Waals surface area contributed by atoms with Gasteiger partial charge in [0.05, 0.1) is 28.8 Å². The van der Waals surface area contributed by atoms with Crippen molar-refractivity contribution in [2.75, 3.05) is 10.6 Å². The van der Waals surface area contributed by atoms with Crippen LogP contribution in [-0.2, 0) is 25.2 Å². The number of benzene rings is 1. The highest BCUT2D eigenvalue weighted by Crippen LogP contribution is 2.37. The molecule has 1 saturated carbocycles. The number of ether oxygens (including phenoxy) is 2. The number of hydrogen-bond acceptors (Lipinski definition) is 8. The number of esters is 1. The summed E-state index contributed by atoms with van der Waals surface area (Å²) < 4.78 is 56.6. The summed E-state index contributed by atoms with van der Waals surface area (Å²) in [5, 5.41) is 9.28. The van der Waals surface area contributed by atoms with Crippen LogP contribution in [0.1, 0.15) is 82.0 Å². The molecule has 45 heavy (non-hydrogen) atoms. The topological polar surface area (TPSA) is 133 Å². The molecule has 1 aliphatic carbocycles. The van der Waals surface area contributed by atoms with Crippen LogP contribution >= 0.6 is 0 Å². The van der Waals surface area contributed by atoms with E-state index in [0.717, 1.165) is 18.9 Å². The molecule has 3 aromatic rings. The molecular formula is C32H37F3N4O6. The number of anilines is 2. The van der Waals surface area contributed by atoms with Gasteiger partial charge >= 0.3 is 18.2 Å². The number of carbonyl (C=O) groups excluding carboxylic acids is 3. The molecular weight excluding hydrogens is 593 g/mol. The maximum absolute atomic E-state index is 13.4. The van der Waals surface area contributed by atoms with Crippen LogP contribution in [-0.4, -0.2) is 33.7 Å². The maximum atomic E-state index is 13.4. The lowest BCUT2D eigenvalue weighted by molar-refractivity contribution is -0.164. The molecule has 0 spiro atoms. The average molecular weight is 631 g/mol. The first-order valence-electron chi connectivity index (χ1n) is 14.7. The maximum Gasteiger partial charge on any atom is 0.416 e. The Morgan fingerprint density at radius 3 is 2.27 bits per heavy atom. The predicted octanol–water partition coefficient (Wildman–Crippen LogP) is 7.77. The lowest BCUT2D eigenvalue weighted by atomic mass is 9.78. The number of pyridine rings is 1. The second-order valence-corrected chi connectivity index (χ2v) is 12.1. The number of aromatic nitrogens is 2. The summed E-state index contributed by atoms with van der Waals surface area (Å²) in [5.74, 6) is -1.68. The smallest absolute Gasteiger partial charge is 0.416 e.